The van der Waals surface area contributed by atoms with Gasteiger partial charge >= 0.3 is 23.9 Å². The summed E-state index contributed by atoms with van der Waals surface area (Å²) in [5.74, 6) is -3.41. The van der Waals surface area contributed by atoms with Crippen molar-refractivity contribution in [2.24, 2.45) is 0 Å². The lowest BCUT2D eigenvalue weighted by Gasteiger charge is -2.08. The summed E-state index contributed by atoms with van der Waals surface area (Å²) in [5, 5.41) is 2.56. The normalized spacial score (nSPS) is 10.2. The van der Waals surface area contributed by atoms with Gasteiger partial charge in [-0.25, -0.2) is 19.2 Å². The topological polar surface area (TPSA) is 134 Å². The summed E-state index contributed by atoms with van der Waals surface area (Å²) < 4.78 is 19.6. The molecule has 33 heavy (non-hydrogen) atoms. The van der Waals surface area contributed by atoms with Crippen LogP contribution in [0.3, 0.4) is 0 Å². The number of nitrogens with one attached hydrogen (secondary N) is 1. The second-order valence-electron chi connectivity index (χ2n) is 6.39. The predicted octanol–water partition coefficient (Wildman–Crippen LogP) is 2.99. The minimum Gasteiger partial charge on any atom is -0.465 e. The Morgan fingerprint density at radius 1 is 0.818 bits per heavy atom. The van der Waals surface area contributed by atoms with Crippen molar-refractivity contribution >= 4 is 46.1 Å². The van der Waals surface area contributed by atoms with E-state index >= 15 is 0 Å². The van der Waals surface area contributed by atoms with E-state index in [0.29, 0.717) is 5.56 Å². The van der Waals surface area contributed by atoms with Crippen molar-refractivity contribution in [2.45, 2.75) is 20.8 Å². The number of methoxy groups -OCH3 is 1. The summed E-state index contributed by atoms with van der Waals surface area (Å²) in [6.07, 6.45) is 0. The minimum atomic E-state index is -0.790. The molecule has 0 saturated heterocycles. The number of hydrogen-bond donors (Lipinski definition) is 1. The van der Waals surface area contributed by atoms with Crippen LogP contribution in [0.25, 0.3) is 0 Å². The second-order valence-corrected chi connectivity index (χ2v) is 7.42. The van der Waals surface area contributed by atoms with E-state index in [4.69, 9.17) is 14.2 Å². The van der Waals surface area contributed by atoms with Gasteiger partial charge < -0.3 is 24.3 Å². The fraction of sp³-hybridized carbons (Fsp3) is 0.318. The fourth-order valence-corrected chi connectivity index (χ4v) is 3.78. The van der Waals surface area contributed by atoms with Crippen LogP contribution in [-0.2, 0) is 23.7 Å². The number of thiophene rings is 1. The zero-order chi connectivity index (χ0) is 24.5. The highest BCUT2D eigenvalue weighted by atomic mass is 32.1. The summed E-state index contributed by atoms with van der Waals surface area (Å²) in [7, 11) is 1.24. The fourth-order valence-electron chi connectivity index (χ4n) is 2.68. The van der Waals surface area contributed by atoms with Gasteiger partial charge in [-0.05, 0) is 50.6 Å². The highest BCUT2D eigenvalue weighted by molar-refractivity contribution is 7.18. The van der Waals surface area contributed by atoms with Crippen molar-refractivity contribution in [2.75, 3.05) is 32.2 Å². The van der Waals surface area contributed by atoms with Crippen molar-refractivity contribution in [1.29, 1.82) is 0 Å². The average molecular weight is 477 g/mol. The van der Waals surface area contributed by atoms with Crippen molar-refractivity contribution < 1.29 is 42.9 Å². The zero-order valence-electron chi connectivity index (χ0n) is 18.5. The number of hydrogen-bond acceptors (Lipinski definition) is 10. The summed E-state index contributed by atoms with van der Waals surface area (Å²) in [6, 6.07) is 5.50. The molecule has 2 aromatic rings. The third kappa shape index (κ3) is 6.39. The minimum absolute atomic E-state index is 0.0305. The second kappa shape index (κ2) is 11.8. The van der Waals surface area contributed by atoms with Gasteiger partial charge in [0.1, 0.15) is 9.88 Å². The Morgan fingerprint density at radius 3 is 1.91 bits per heavy atom. The molecule has 0 saturated carbocycles. The molecular formula is C22H23NO9S. The lowest BCUT2D eigenvalue weighted by Crippen LogP contribution is -2.21. The zero-order valence-corrected chi connectivity index (χ0v) is 19.3. The molecule has 0 radical (unpaired) electrons. The van der Waals surface area contributed by atoms with Gasteiger partial charge in [-0.2, -0.15) is 0 Å². The van der Waals surface area contributed by atoms with Crippen LogP contribution in [0.4, 0.5) is 5.00 Å². The highest BCUT2D eigenvalue weighted by Gasteiger charge is 2.27. The third-order valence-corrected chi connectivity index (χ3v) is 5.40. The molecule has 0 fully saturated rings. The first-order chi connectivity index (χ1) is 15.7. The number of benzene rings is 1. The maximum absolute atomic E-state index is 12.4. The third-order valence-electron chi connectivity index (χ3n) is 4.22. The molecule has 1 amide bonds. The molecule has 0 unspecified atom stereocenters. The monoisotopic (exact) mass is 477 g/mol. The van der Waals surface area contributed by atoms with Gasteiger partial charge in [0.05, 0.1) is 37.0 Å². The number of amides is 1. The summed E-state index contributed by atoms with van der Waals surface area (Å²) >= 11 is 0.862. The molecule has 11 heteroatoms. The lowest BCUT2D eigenvalue weighted by molar-refractivity contribution is -0.119. The first-order valence-corrected chi connectivity index (χ1v) is 10.7. The van der Waals surface area contributed by atoms with E-state index in [0.717, 1.165) is 11.3 Å². The molecule has 0 spiro atoms. The molecule has 1 aromatic heterocycles. The van der Waals surface area contributed by atoms with Crippen LogP contribution < -0.4 is 5.32 Å². The van der Waals surface area contributed by atoms with Gasteiger partial charge in [0.2, 0.25) is 0 Å². The van der Waals surface area contributed by atoms with Crippen LogP contribution in [0.2, 0.25) is 0 Å². The molecule has 0 bridgehead atoms. The summed E-state index contributed by atoms with van der Waals surface area (Å²) in [5.41, 5.74) is 0.723. The number of ether oxygens (including phenoxy) is 4. The van der Waals surface area contributed by atoms with Crippen molar-refractivity contribution in [3.05, 3.63) is 51.4 Å². The summed E-state index contributed by atoms with van der Waals surface area (Å²) in [4.78, 5) is 60.7. The smallest absolute Gasteiger partial charge is 0.348 e. The van der Waals surface area contributed by atoms with E-state index in [2.05, 4.69) is 10.1 Å². The van der Waals surface area contributed by atoms with Crippen LogP contribution in [-0.4, -0.2) is 56.7 Å². The predicted molar refractivity (Wildman–Crippen MR) is 118 cm³/mol. The number of esters is 4. The van der Waals surface area contributed by atoms with Crippen LogP contribution in [0, 0.1) is 6.92 Å². The van der Waals surface area contributed by atoms with E-state index < -0.39 is 36.4 Å². The Bertz CT molecular complexity index is 1060. The van der Waals surface area contributed by atoms with Crippen LogP contribution in [0.1, 0.15) is 60.2 Å². The van der Waals surface area contributed by atoms with Crippen LogP contribution >= 0.6 is 11.3 Å². The molecule has 1 heterocycles. The van der Waals surface area contributed by atoms with E-state index in [9.17, 15) is 24.0 Å². The maximum Gasteiger partial charge on any atom is 0.348 e. The van der Waals surface area contributed by atoms with Gasteiger partial charge in [0.15, 0.2) is 6.61 Å². The maximum atomic E-state index is 12.4. The van der Waals surface area contributed by atoms with Gasteiger partial charge in [-0.3, -0.25) is 4.79 Å². The molecule has 0 aliphatic rings. The van der Waals surface area contributed by atoms with Gasteiger partial charge in [0.25, 0.3) is 5.91 Å². The molecular weight excluding hydrogens is 454 g/mol. The van der Waals surface area contributed by atoms with E-state index in [1.54, 1.807) is 20.8 Å². The number of carbonyl (C=O) groups excluding carboxylic acids is 5. The van der Waals surface area contributed by atoms with Crippen molar-refractivity contribution in [1.82, 2.24) is 0 Å². The molecule has 10 nitrogen and oxygen atoms in total. The first-order valence-electron chi connectivity index (χ1n) is 9.86. The molecule has 0 aliphatic carbocycles. The quantitative estimate of drug-likeness (QED) is 0.427. The molecule has 1 aromatic carbocycles. The number of carbonyl (C=O) groups is 5. The molecule has 0 atom stereocenters. The van der Waals surface area contributed by atoms with E-state index in [1.165, 1.54) is 31.4 Å². The largest absolute Gasteiger partial charge is 0.465 e. The molecule has 0 aliphatic heterocycles. The molecule has 1 N–H and O–H groups in total. The highest BCUT2D eigenvalue weighted by Crippen LogP contribution is 2.34. The Balaban J connectivity index is 2.11. The van der Waals surface area contributed by atoms with Gasteiger partial charge in [-0.1, -0.05) is 0 Å². The number of anilines is 1. The Morgan fingerprint density at radius 2 is 1.36 bits per heavy atom. The lowest BCUT2D eigenvalue weighted by atomic mass is 10.1. The van der Waals surface area contributed by atoms with Gasteiger partial charge in [0, 0.05) is 0 Å². The van der Waals surface area contributed by atoms with Crippen molar-refractivity contribution in [3.8, 4) is 0 Å². The Labute approximate surface area is 193 Å². The van der Waals surface area contributed by atoms with Crippen LogP contribution in [0.5, 0.6) is 0 Å². The van der Waals surface area contributed by atoms with Crippen molar-refractivity contribution in [3.63, 3.8) is 0 Å². The average Bonchev–Trinajstić information content (AvgIpc) is 3.13. The standard InChI is InChI=1S/C22H23NO9S/c1-5-30-21(27)16-12(3)17(22(28)31-6-2)33-18(16)23-15(24)11-32-20(26)14-9-7-13(8-10-14)19(25)29-4/h7-10H,5-6,11H2,1-4H3,(H,23,24). The van der Waals surface area contributed by atoms with E-state index in [-0.39, 0.29) is 39.8 Å². The van der Waals surface area contributed by atoms with E-state index in [1.807, 2.05) is 0 Å². The Hall–Kier alpha value is -3.73. The summed E-state index contributed by atoms with van der Waals surface area (Å²) in [6.45, 7) is 4.41. The molecule has 2 rings (SSSR count). The SMILES string of the molecule is CCOC(=O)c1sc(NC(=O)COC(=O)c2ccc(C(=O)OC)cc2)c(C(=O)OCC)c1C. The Kier molecular flexibility index (Phi) is 9.10. The molecule has 176 valence electrons. The van der Waals surface area contributed by atoms with Crippen LogP contribution in [0.15, 0.2) is 24.3 Å². The first kappa shape index (κ1) is 25.5. The van der Waals surface area contributed by atoms with Gasteiger partial charge in [-0.15, -0.1) is 11.3 Å². The number of rotatable bonds is 9.